The predicted molar refractivity (Wildman–Crippen MR) is 211 cm³/mol. The van der Waals surface area contributed by atoms with Crippen molar-refractivity contribution in [3.63, 3.8) is 0 Å². The van der Waals surface area contributed by atoms with Crippen LogP contribution in [-0.4, -0.2) is 19.7 Å². The molecule has 0 aliphatic heterocycles. The molecule has 0 unspecified atom stereocenters. The molecule has 10 aromatic rings. The fraction of sp³-hybridized carbons (Fsp3) is 0. The zero-order chi connectivity index (χ0) is 33.7. The Kier molecular flexibility index (Phi) is 6.78. The highest BCUT2D eigenvalue weighted by molar-refractivity contribution is 6.18. The number of pyridine rings is 2. The van der Waals surface area contributed by atoms with Crippen LogP contribution >= 0.6 is 0 Å². The number of fused-ring (bicyclic) bond motifs is 6. The first-order valence-electron chi connectivity index (χ1n) is 17.2. The van der Waals surface area contributed by atoms with Gasteiger partial charge in [0.2, 0.25) is 0 Å². The molecule has 0 amide bonds. The lowest BCUT2D eigenvalue weighted by Gasteiger charge is -2.15. The lowest BCUT2D eigenvalue weighted by Crippen LogP contribution is -1.97. The molecule has 0 spiro atoms. The molecular weight excluding hydrogens is 621 g/mol. The van der Waals surface area contributed by atoms with Crippen LogP contribution in [0.2, 0.25) is 0 Å². The molecule has 4 nitrogen and oxygen atoms in total. The van der Waals surface area contributed by atoms with E-state index in [0.717, 1.165) is 94.1 Å². The summed E-state index contributed by atoms with van der Waals surface area (Å²) in [6.07, 6.45) is 0. The molecule has 10 rings (SSSR count). The van der Waals surface area contributed by atoms with Crippen LogP contribution in [-0.2, 0) is 0 Å². The third kappa shape index (κ3) is 4.88. The van der Waals surface area contributed by atoms with Crippen LogP contribution in [0.3, 0.4) is 0 Å². The summed E-state index contributed by atoms with van der Waals surface area (Å²) in [6, 6.07) is 63.7. The first kappa shape index (κ1) is 29.0. The van der Waals surface area contributed by atoms with E-state index in [1.54, 1.807) is 0 Å². The van der Waals surface area contributed by atoms with Crippen molar-refractivity contribution in [2.24, 2.45) is 0 Å². The first-order valence-corrected chi connectivity index (χ1v) is 17.2. The van der Waals surface area contributed by atoms with E-state index in [9.17, 15) is 0 Å². The van der Waals surface area contributed by atoms with E-state index in [4.69, 9.17) is 15.1 Å². The Morgan fingerprint density at radius 3 is 1.67 bits per heavy atom. The minimum absolute atomic E-state index is 0.892. The van der Waals surface area contributed by atoms with E-state index < -0.39 is 0 Å². The molecule has 0 radical (unpaired) electrons. The second-order valence-electron chi connectivity index (χ2n) is 12.8. The Labute approximate surface area is 294 Å². The third-order valence-corrected chi connectivity index (χ3v) is 9.80. The van der Waals surface area contributed by atoms with E-state index in [1.165, 1.54) is 0 Å². The van der Waals surface area contributed by atoms with Gasteiger partial charge in [0.05, 0.1) is 33.6 Å². The van der Waals surface area contributed by atoms with Gasteiger partial charge < -0.3 is 0 Å². The zero-order valence-corrected chi connectivity index (χ0v) is 27.6. The molecule has 0 atom stereocenters. The summed E-state index contributed by atoms with van der Waals surface area (Å²) in [5, 5.41) is 10.9. The summed E-state index contributed by atoms with van der Waals surface area (Å²) in [4.78, 5) is 10.6. The van der Waals surface area contributed by atoms with Crippen molar-refractivity contribution in [1.29, 1.82) is 0 Å². The van der Waals surface area contributed by atoms with Gasteiger partial charge in [0.1, 0.15) is 5.69 Å². The molecule has 0 saturated carbocycles. The average Bonchev–Trinajstić information content (AvgIpc) is 3.62. The Balaban J connectivity index is 1.25. The predicted octanol–water partition coefficient (Wildman–Crippen LogP) is 11.9. The van der Waals surface area contributed by atoms with Gasteiger partial charge >= 0.3 is 0 Å². The Hall–Kier alpha value is -6.91. The van der Waals surface area contributed by atoms with Crippen LogP contribution in [0.4, 0.5) is 0 Å². The van der Waals surface area contributed by atoms with E-state index >= 15 is 0 Å². The number of benzene rings is 7. The van der Waals surface area contributed by atoms with Crippen LogP contribution in [0.25, 0.3) is 94.1 Å². The maximum absolute atomic E-state index is 5.39. The highest BCUT2D eigenvalue weighted by Crippen LogP contribution is 2.44. The fourth-order valence-electron chi connectivity index (χ4n) is 7.38. The smallest absolute Gasteiger partial charge is 0.101 e. The van der Waals surface area contributed by atoms with Crippen molar-refractivity contribution in [3.8, 4) is 50.6 Å². The molecule has 51 heavy (non-hydrogen) atoms. The topological polar surface area (TPSA) is 43.6 Å². The van der Waals surface area contributed by atoms with E-state index in [2.05, 4.69) is 162 Å². The standard InChI is InChI=1S/C47H30N4/c1-4-14-31(15-5-1)41-28-26-33-24-25-34-27-29-42(49-46(34)45(33)48-41)39-23-13-12-22-38(39)40-30-35-18-10-11-21-37(35)47-43(40)44(32-16-6-2-7-17-32)50-51(47)36-19-8-3-9-20-36/h1-30H. The monoisotopic (exact) mass is 650 g/mol. The number of para-hydroxylation sites is 1. The summed E-state index contributed by atoms with van der Waals surface area (Å²) in [7, 11) is 0. The fourth-order valence-corrected chi connectivity index (χ4v) is 7.38. The summed E-state index contributed by atoms with van der Waals surface area (Å²) in [6.45, 7) is 0. The summed E-state index contributed by atoms with van der Waals surface area (Å²) >= 11 is 0. The SMILES string of the molecule is c1ccc(-c2ccc3ccc4ccc(-c5ccccc5-c5cc6ccccc6c6c5c(-c5ccccc5)nn6-c5ccccc5)nc4c3n2)cc1. The highest BCUT2D eigenvalue weighted by Gasteiger charge is 2.23. The number of aromatic nitrogens is 4. The zero-order valence-electron chi connectivity index (χ0n) is 27.6. The molecular formula is C47H30N4. The molecule has 0 bridgehead atoms. The van der Waals surface area contributed by atoms with Gasteiger partial charge in [-0.05, 0) is 46.8 Å². The minimum atomic E-state index is 0.892. The highest BCUT2D eigenvalue weighted by atomic mass is 15.3. The van der Waals surface area contributed by atoms with Gasteiger partial charge in [0, 0.05) is 38.2 Å². The Morgan fingerprint density at radius 2 is 0.941 bits per heavy atom. The van der Waals surface area contributed by atoms with Crippen LogP contribution < -0.4 is 0 Å². The van der Waals surface area contributed by atoms with Crippen molar-refractivity contribution < 1.29 is 0 Å². The van der Waals surface area contributed by atoms with Gasteiger partial charge in [-0.25, -0.2) is 14.6 Å². The quantitative estimate of drug-likeness (QED) is 0.174. The van der Waals surface area contributed by atoms with Gasteiger partial charge in [0.15, 0.2) is 0 Å². The lowest BCUT2D eigenvalue weighted by molar-refractivity contribution is 0.918. The average molecular weight is 651 g/mol. The van der Waals surface area contributed by atoms with E-state index in [-0.39, 0.29) is 0 Å². The maximum atomic E-state index is 5.39. The molecule has 7 aromatic carbocycles. The molecule has 0 fully saturated rings. The number of hydrogen-bond acceptors (Lipinski definition) is 3. The molecule has 4 heteroatoms. The number of hydrogen-bond donors (Lipinski definition) is 0. The van der Waals surface area contributed by atoms with Crippen molar-refractivity contribution in [2.75, 3.05) is 0 Å². The summed E-state index contributed by atoms with van der Waals surface area (Å²) < 4.78 is 2.11. The molecule has 238 valence electrons. The van der Waals surface area contributed by atoms with Gasteiger partial charge in [-0.3, -0.25) is 0 Å². The molecule has 0 aliphatic rings. The van der Waals surface area contributed by atoms with Crippen molar-refractivity contribution >= 4 is 43.5 Å². The third-order valence-electron chi connectivity index (χ3n) is 9.80. The van der Waals surface area contributed by atoms with Gasteiger partial charge in [-0.15, -0.1) is 0 Å². The first-order chi connectivity index (χ1) is 25.3. The Morgan fingerprint density at radius 1 is 0.392 bits per heavy atom. The lowest BCUT2D eigenvalue weighted by atomic mass is 9.90. The van der Waals surface area contributed by atoms with Gasteiger partial charge in [0.25, 0.3) is 0 Å². The van der Waals surface area contributed by atoms with Crippen molar-refractivity contribution in [2.45, 2.75) is 0 Å². The normalized spacial score (nSPS) is 11.5. The van der Waals surface area contributed by atoms with Crippen LogP contribution in [0, 0.1) is 0 Å². The summed E-state index contributed by atoms with van der Waals surface area (Å²) in [5.74, 6) is 0. The number of rotatable bonds is 5. The molecule has 0 N–H and O–H groups in total. The van der Waals surface area contributed by atoms with E-state index in [1.807, 2.05) is 24.3 Å². The maximum Gasteiger partial charge on any atom is 0.101 e. The van der Waals surface area contributed by atoms with Crippen LogP contribution in [0.5, 0.6) is 0 Å². The minimum Gasteiger partial charge on any atom is -0.245 e. The van der Waals surface area contributed by atoms with Crippen LogP contribution in [0.15, 0.2) is 182 Å². The van der Waals surface area contributed by atoms with Crippen LogP contribution in [0.1, 0.15) is 0 Å². The van der Waals surface area contributed by atoms with Gasteiger partial charge in [-0.1, -0.05) is 152 Å². The van der Waals surface area contributed by atoms with Crippen molar-refractivity contribution in [1.82, 2.24) is 19.7 Å². The second kappa shape index (κ2) is 11.9. The number of nitrogens with zero attached hydrogens (tertiary/aromatic N) is 4. The molecule has 0 aliphatic carbocycles. The second-order valence-corrected chi connectivity index (χ2v) is 12.8. The molecule has 0 saturated heterocycles. The largest absolute Gasteiger partial charge is 0.245 e. The van der Waals surface area contributed by atoms with Gasteiger partial charge in [-0.2, -0.15) is 5.10 Å². The molecule has 3 heterocycles. The van der Waals surface area contributed by atoms with Crippen molar-refractivity contribution in [3.05, 3.63) is 182 Å². The Bertz CT molecular complexity index is 2900. The summed E-state index contributed by atoms with van der Waals surface area (Å²) in [5.41, 5.74) is 12.1. The molecule has 3 aromatic heterocycles. The van der Waals surface area contributed by atoms with E-state index in [0.29, 0.717) is 0 Å².